The third kappa shape index (κ3) is 8.24. The Bertz CT molecular complexity index is 1630. The molecule has 2 aromatic carbocycles. The van der Waals surface area contributed by atoms with Crippen LogP contribution in [-0.4, -0.2) is 64.8 Å². The lowest BCUT2D eigenvalue weighted by Gasteiger charge is -2.42. The number of nitrogens with one attached hydrogen (secondary N) is 2. The summed E-state index contributed by atoms with van der Waals surface area (Å²) in [5.74, 6) is 0.662. The fourth-order valence-electron chi connectivity index (χ4n) is 5.27. The summed E-state index contributed by atoms with van der Waals surface area (Å²) in [6.07, 6.45) is 4.36. The van der Waals surface area contributed by atoms with Crippen LogP contribution in [-0.2, 0) is 27.2 Å². The van der Waals surface area contributed by atoms with E-state index in [4.69, 9.17) is 25.8 Å². The number of fused-ring (bicyclic) bond motifs is 1. The standard InChI is InChI=1S/C35H39ClN4O6/c1-34(2,3)46-33(43)39-29-12-6-22(19-37-29)20-38-30(41)13-11-27-17-26-16-25(18-28(36)31(26)45-27)23-7-9-24(10-8-23)32(42)40-14-15-44-21-35(40,4)5/h6-13,16,18-19,27H,14-15,17,20-21H2,1-5H3,(H,38,41)(H,37,39,43)/b13-11+. The molecule has 242 valence electrons. The Labute approximate surface area is 274 Å². The first-order valence-corrected chi connectivity index (χ1v) is 15.6. The second kappa shape index (κ2) is 13.5. The van der Waals surface area contributed by atoms with E-state index in [2.05, 4.69) is 15.6 Å². The molecular weight excluding hydrogens is 608 g/mol. The molecule has 2 N–H and O–H groups in total. The van der Waals surface area contributed by atoms with E-state index in [-0.39, 0.29) is 30.0 Å². The average molecular weight is 647 g/mol. The minimum absolute atomic E-state index is 0.0129. The maximum Gasteiger partial charge on any atom is 0.413 e. The molecular formula is C35H39ClN4O6. The van der Waals surface area contributed by atoms with Gasteiger partial charge in [-0.3, -0.25) is 14.9 Å². The van der Waals surface area contributed by atoms with Crippen LogP contribution in [0, 0.1) is 0 Å². The number of aromatic nitrogens is 1. The normalized spacial score (nSPS) is 17.3. The highest BCUT2D eigenvalue weighted by Gasteiger charge is 2.34. The van der Waals surface area contributed by atoms with Gasteiger partial charge in [-0.05, 0) is 87.7 Å². The number of pyridine rings is 1. The van der Waals surface area contributed by atoms with Crippen molar-refractivity contribution in [2.45, 2.75) is 64.8 Å². The van der Waals surface area contributed by atoms with E-state index in [0.717, 1.165) is 22.3 Å². The molecule has 0 spiro atoms. The molecule has 3 aromatic rings. The van der Waals surface area contributed by atoms with Gasteiger partial charge in [-0.2, -0.15) is 0 Å². The number of rotatable bonds is 7. The molecule has 1 unspecified atom stereocenters. The van der Waals surface area contributed by atoms with E-state index >= 15 is 0 Å². The number of carbonyl (C=O) groups is 3. The van der Waals surface area contributed by atoms with Crippen molar-refractivity contribution >= 4 is 35.3 Å². The highest BCUT2D eigenvalue weighted by Crippen LogP contribution is 2.40. The summed E-state index contributed by atoms with van der Waals surface area (Å²) in [6.45, 7) is 11.2. The monoisotopic (exact) mass is 646 g/mol. The zero-order chi connectivity index (χ0) is 33.1. The Hall–Kier alpha value is -4.41. The lowest BCUT2D eigenvalue weighted by atomic mass is 9.98. The number of amides is 3. The van der Waals surface area contributed by atoms with Gasteiger partial charge in [0.1, 0.15) is 23.3 Å². The largest absolute Gasteiger partial charge is 0.484 e. The van der Waals surface area contributed by atoms with Crippen molar-refractivity contribution in [3.63, 3.8) is 0 Å². The van der Waals surface area contributed by atoms with Gasteiger partial charge >= 0.3 is 6.09 Å². The molecule has 1 aromatic heterocycles. The SMILES string of the molecule is CC(C)(C)OC(=O)Nc1ccc(CNC(=O)/C=C/C2Cc3cc(-c4ccc(C(=O)N5CCOCC5(C)C)cc4)cc(Cl)c3O2)cn1. The average Bonchev–Trinajstić information content (AvgIpc) is 3.42. The van der Waals surface area contributed by atoms with Crippen molar-refractivity contribution in [2.75, 3.05) is 25.1 Å². The lowest BCUT2D eigenvalue weighted by molar-refractivity contribution is -0.116. The first-order chi connectivity index (χ1) is 21.8. The van der Waals surface area contributed by atoms with E-state index in [0.29, 0.717) is 48.3 Å². The second-order valence-corrected chi connectivity index (χ2v) is 13.4. The molecule has 3 amide bonds. The van der Waals surface area contributed by atoms with E-state index < -0.39 is 11.7 Å². The first-order valence-electron chi connectivity index (χ1n) is 15.2. The maximum absolute atomic E-state index is 13.2. The third-order valence-corrected chi connectivity index (χ3v) is 7.83. The highest BCUT2D eigenvalue weighted by molar-refractivity contribution is 6.32. The van der Waals surface area contributed by atoms with Crippen LogP contribution in [0.5, 0.6) is 5.75 Å². The summed E-state index contributed by atoms with van der Waals surface area (Å²) >= 11 is 6.61. The minimum Gasteiger partial charge on any atom is -0.484 e. The van der Waals surface area contributed by atoms with Crippen LogP contribution in [0.3, 0.4) is 0 Å². The molecule has 2 aliphatic rings. The van der Waals surface area contributed by atoms with Crippen molar-refractivity contribution in [3.05, 3.63) is 88.6 Å². The number of halogens is 1. The zero-order valence-electron chi connectivity index (χ0n) is 26.7. The Kier molecular flexibility index (Phi) is 9.69. The van der Waals surface area contributed by atoms with Crippen LogP contribution in [0.15, 0.2) is 66.9 Å². The van der Waals surface area contributed by atoms with E-state index in [1.807, 2.05) is 55.1 Å². The first kappa shape index (κ1) is 33.0. The summed E-state index contributed by atoms with van der Waals surface area (Å²) in [6, 6.07) is 14.8. The predicted octanol–water partition coefficient (Wildman–Crippen LogP) is 6.18. The maximum atomic E-state index is 13.2. The Morgan fingerprint density at radius 1 is 1.11 bits per heavy atom. The lowest BCUT2D eigenvalue weighted by Crippen LogP contribution is -2.55. The Balaban J connectivity index is 1.14. The number of carbonyl (C=O) groups excluding carboxylic acids is 3. The van der Waals surface area contributed by atoms with Gasteiger partial charge in [-0.25, -0.2) is 9.78 Å². The number of nitrogens with zero attached hydrogens (tertiary/aromatic N) is 2. The fourth-order valence-corrected chi connectivity index (χ4v) is 5.55. The molecule has 5 rings (SSSR count). The summed E-state index contributed by atoms with van der Waals surface area (Å²) in [5, 5.41) is 5.88. The van der Waals surface area contributed by atoms with Gasteiger partial charge < -0.3 is 24.4 Å². The molecule has 0 radical (unpaired) electrons. The quantitative estimate of drug-likeness (QED) is 0.295. The smallest absolute Gasteiger partial charge is 0.413 e. The number of benzene rings is 2. The van der Waals surface area contributed by atoms with E-state index in [1.54, 1.807) is 45.2 Å². The Morgan fingerprint density at radius 2 is 1.87 bits per heavy atom. The van der Waals surface area contributed by atoms with Crippen LogP contribution in [0.25, 0.3) is 11.1 Å². The molecule has 1 saturated heterocycles. The van der Waals surface area contributed by atoms with E-state index in [1.165, 1.54) is 6.08 Å². The van der Waals surface area contributed by atoms with Gasteiger partial charge in [0.05, 0.1) is 23.8 Å². The number of hydrogen-bond acceptors (Lipinski definition) is 7. The molecule has 0 aliphatic carbocycles. The summed E-state index contributed by atoms with van der Waals surface area (Å²) in [5.41, 5.74) is 3.22. The topological polar surface area (TPSA) is 119 Å². The molecule has 46 heavy (non-hydrogen) atoms. The summed E-state index contributed by atoms with van der Waals surface area (Å²) in [7, 11) is 0. The van der Waals surface area contributed by atoms with Gasteiger partial charge in [-0.15, -0.1) is 0 Å². The van der Waals surface area contributed by atoms with Crippen molar-refractivity contribution in [1.82, 2.24) is 15.2 Å². The van der Waals surface area contributed by atoms with Crippen molar-refractivity contribution in [1.29, 1.82) is 0 Å². The molecule has 10 nitrogen and oxygen atoms in total. The molecule has 0 saturated carbocycles. The van der Waals surface area contributed by atoms with Crippen LogP contribution in [0.2, 0.25) is 5.02 Å². The molecule has 0 bridgehead atoms. The summed E-state index contributed by atoms with van der Waals surface area (Å²) in [4.78, 5) is 43.7. The van der Waals surface area contributed by atoms with Crippen molar-refractivity contribution in [3.8, 4) is 16.9 Å². The van der Waals surface area contributed by atoms with Crippen LogP contribution < -0.4 is 15.4 Å². The Morgan fingerprint density at radius 3 is 2.54 bits per heavy atom. The molecule has 3 heterocycles. The molecule has 1 atom stereocenters. The zero-order valence-corrected chi connectivity index (χ0v) is 27.4. The molecule has 11 heteroatoms. The number of anilines is 1. The van der Waals surface area contributed by atoms with Crippen molar-refractivity contribution in [2.24, 2.45) is 0 Å². The number of morpholine rings is 1. The van der Waals surface area contributed by atoms with Gasteiger partial charge in [-0.1, -0.05) is 29.8 Å². The fraction of sp³-hybridized carbons (Fsp3) is 0.371. The van der Waals surface area contributed by atoms with Crippen molar-refractivity contribution < 1.29 is 28.6 Å². The number of hydrogen-bond donors (Lipinski definition) is 2. The van der Waals surface area contributed by atoms with Crippen LogP contribution in [0.1, 0.15) is 56.1 Å². The number of ether oxygens (including phenoxy) is 3. The highest BCUT2D eigenvalue weighted by atomic mass is 35.5. The van der Waals surface area contributed by atoms with Gasteiger partial charge in [0.15, 0.2) is 0 Å². The minimum atomic E-state index is -0.610. The van der Waals surface area contributed by atoms with Crippen LogP contribution in [0.4, 0.5) is 10.6 Å². The van der Waals surface area contributed by atoms with Gasteiger partial charge in [0.2, 0.25) is 5.91 Å². The third-order valence-electron chi connectivity index (χ3n) is 7.55. The van der Waals surface area contributed by atoms with Crippen LogP contribution >= 0.6 is 11.6 Å². The molecule has 1 fully saturated rings. The van der Waals surface area contributed by atoms with E-state index in [9.17, 15) is 14.4 Å². The predicted molar refractivity (Wildman–Crippen MR) is 176 cm³/mol. The molecule has 2 aliphatic heterocycles. The van der Waals surface area contributed by atoms with Gasteiger partial charge in [0.25, 0.3) is 5.91 Å². The van der Waals surface area contributed by atoms with Gasteiger partial charge in [0, 0.05) is 42.9 Å². The summed E-state index contributed by atoms with van der Waals surface area (Å²) < 4.78 is 16.8. The second-order valence-electron chi connectivity index (χ2n) is 13.0.